The van der Waals surface area contributed by atoms with E-state index in [-0.39, 0.29) is 11.9 Å². The maximum Gasteiger partial charge on any atom is 0.309 e. The van der Waals surface area contributed by atoms with Crippen molar-refractivity contribution in [2.24, 2.45) is 5.92 Å². The van der Waals surface area contributed by atoms with Crippen LogP contribution in [0.2, 0.25) is 0 Å². The molecule has 0 aromatic heterocycles. The number of aryl methyl sites for hydroxylation is 1. The van der Waals surface area contributed by atoms with Gasteiger partial charge >= 0.3 is 5.97 Å². The zero-order chi connectivity index (χ0) is 10.8. The maximum atomic E-state index is 11.4. The molecule has 1 aliphatic carbocycles. The number of esters is 1. The summed E-state index contributed by atoms with van der Waals surface area (Å²) in [5, 5.41) is 0. The molecule has 1 aromatic rings. The van der Waals surface area contributed by atoms with E-state index in [4.69, 9.17) is 4.74 Å². The molecule has 1 aliphatic rings. The summed E-state index contributed by atoms with van der Waals surface area (Å²) in [6.45, 7) is 4.40. The first-order valence-electron chi connectivity index (χ1n) is 5.45. The Morgan fingerprint density at radius 2 is 2.07 bits per heavy atom. The quantitative estimate of drug-likeness (QED) is 0.707. The third-order valence-electron chi connectivity index (χ3n) is 2.89. The fraction of sp³-hybridized carbons (Fsp3) is 0.462. The van der Waals surface area contributed by atoms with Crippen LogP contribution in [0.5, 0.6) is 0 Å². The van der Waals surface area contributed by atoms with Crippen molar-refractivity contribution in [2.75, 3.05) is 6.61 Å². The van der Waals surface area contributed by atoms with E-state index in [1.54, 1.807) is 0 Å². The van der Waals surface area contributed by atoms with Crippen LogP contribution in [0.15, 0.2) is 24.3 Å². The molecule has 1 fully saturated rings. The van der Waals surface area contributed by atoms with E-state index in [1.165, 1.54) is 11.1 Å². The highest BCUT2D eigenvalue weighted by Gasteiger charge is 2.44. The summed E-state index contributed by atoms with van der Waals surface area (Å²) in [5.74, 6) is 0.459. The molecule has 2 nitrogen and oxygen atoms in total. The van der Waals surface area contributed by atoms with Gasteiger partial charge in [-0.05, 0) is 31.7 Å². The van der Waals surface area contributed by atoms with Gasteiger partial charge < -0.3 is 4.74 Å². The average molecular weight is 204 g/mol. The molecule has 0 saturated heterocycles. The van der Waals surface area contributed by atoms with Crippen LogP contribution in [0.4, 0.5) is 0 Å². The summed E-state index contributed by atoms with van der Waals surface area (Å²) in [5.41, 5.74) is 2.52. The third-order valence-corrected chi connectivity index (χ3v) is 2.89. The van der Waals surface area contributed by atoms with Crippen molar-refractivity contribution < 1.29 is 9.53 Å². The molecular weight excluding hydrogens is 188 g/mol. The minimum Gasteiger partial charge on any atom is -0.466 e. The summed E-state index contributed by atoms with van der Waals surface area (Å²) >= 11 is 0. The summed E-state index contributed by atoms with van der Waals surface area (Å²) < 4.78 is 5.00. The molecular formula is C13H16O2. The van der Waals surface area contributed by atoms with Crippen molar-refractivity contribution in [1.29, 1.82) is 0 Å². The Morgan fingerprint density at radius 3 is 2.67 bits per heavy atom. The standard InChI is InChI=1S/C13H16O2/c1-3-15-13(14)12-8-11(12)10-6-4-9(2)5-7-10/h4-7,11-12H,3,8H2,1-2H3/t11-,12+/m0/s1. The molecule has 0 radical (unpaired) electrons. The Morgan fingerprint density at radius 1 is 1.40 bits per heavy atom. The fourth-order valence-electron chi connectivity index (χ4n) is 1.89. The van der Waals surface area contributed by atoms with Gasteiger partial charge in [-0.1, -0.05) is 29.8 Å². The van der Waals surface area contributed by atoms with E-state index >= 15 is 0 Å². The van der Waals surface area contributed by atoms with Crippen LogP contribution >= 0.6 is 0 Å². The molecule has 2 rings (SSSR count). The third kappa shape index (κ3) is 2.20. The van der Waals surface area contributed by atoms with Crippen LogP contribution in [0.1, 0.15) is 30.4 Å². The van der Waals surface area contributed by atoms with Crippen molar-refractivity contribution in [3.8, 4) is 0 Å². The zero-order valence-electron chi connectivity index (χ0n) is 9.19. The van der Waals surface area contributed by atoms with E-state index in [2.05, 4.69) is 31.2 Å². The van der Waals surface area contributed by atoms with Gasteiger partial charge in [-0.15, -0.1) is 0 Å². The fourth-order valence-corrected chi connectivity index (χ4v) is 1.89. The smallest absolute Gasteiger partial charge is 0.309 e. The molecule has 2 heteroatoms. The van der Waals surface area contributed by atoms with Gasteiger partial charge in [0.15, 0.2) is 0 Å². The monoisotopic (exact) mass is 204 g/mol. The Hall–Kier alpha value is -1.31. The van der Waals surface area contributed by atoms with Gasteiger partial charge in [-0.25, -0.2) is 0 Å². The van der Waals surface area contributed by atoms with Crippen molar-refractivity contribution >= 4 is 5.97 Å². The first kappa shape index (κ1) is 10.2. The van der Waals surface area contributed by atoms with E-state index in [0.717, 1.165) is 6.42 Å². The summed E-state index contributed by atoms with van der Waals surface area (Å²) in [7, 11) is 0. The minimum absolute atomic E-state index is 0.0388. The largest absolute Gasteiger partial charge is 0.466 e. The Kier molecular flexibility index (Phi) is 2.76. The number of ether oxygens (including phenoxy) is 1. The van der Waals surface area contributed by atoms with Crippen LogP contribution in [-0.2, 0) is 9.53 Å². The maximum absolute atomic E-state index is 11.4. The predicted octanol–water partition coefficient (Wildman–Crippen LogP) is 2.66. The molecule has 0 amide bonds. The van der Waals surface area contributed by atoms with Gasteiger partial charge in [0.05, 0.1) is 12.5 Å². The number of carbonyl (C=O) groups excluding carboxylic acids is 1. The summed E-state index contributed by atoms with van der Waals surface area (Å²) in [6, 6.07) is 8.41. The van der Waals surface area contributed by atoms with Crippen LogP contribution in [0.25, 0.3) is 0 Å². The van der Waals surface area contributed by atoms with Crippen molar-refractivity contribution in [3.05, 3.63) is 35.4 Å². The lowest BCUT2D eigenvalue weighted by Crippen LogP contribution is -2.07. The van der Waals surface area contributed by atoms with E-state index in [1.807, 2.05) is 6.92 Å². The van der Waals surface area contributed by atoms with Gasteiger partial charge in [-0.3, -0.25) is 4.79 Å². The highest BCUT2D eigenvalue weighted by atomic mass is 16.5. The second-order valence-electron chi connectivity index (χ2n) is 4.11. The van der Waals surface area contributed by atoms with E-state index in [0.29, 0.717) is 12.5 Å². The Balaban J connectivity index is 1.98. The second kappa shape index (κ2) is 4.05. The second-order valence-corrected chi connectivity index (χ2v) is 4.11. The Labute approximate surface area is 90.3 Å². The number of hydrogen-bond donors (Lipinski definition) is 0. The predicted molar refractivity (Wildman–Crippen MR) is 58.7 cm³/mol. The molecule has 0 heterocycles. The first-order valence-corrected chi connectivity index (χ1v) is 5.45. The number of carbonyl (C=O) groups is 1. The van der Waals surface area contributed by atoms with E-state index < -0.39 is 0 Å². The summed E-state index contributed by atoms with van der Waals surface area (Å²) in [4.78, 5) is 11.4. The molecule has 0 aliphatic heterocycles. The molecule has 2 atom stereocenters. The van der Waals surface area contributed by atoms with Gasteiger partial charge in [0.2, 0.25) is 0 Å². The molecule has 0 unspecified atom stereocenters. The molecule has 1 saturated carbocycles. The Bertz CT molecular complexity index is 353. The lowest BCUT2D eigenvalue weighted by molar-refractivity contribution is -0.144. The normalized spacial score (nSPS) is 23.6. The molecule has 1 aromatic carbocycles. The minimum atomic E-state index is -0.0388. The first-order chi connectivity index (χ1) is 7.22. The van der Waals surface area contributed by atoms with Gasteiger partial charge in [0.1, 0.15) is 0 Å². The van der Waals surface area contributed by atoms with Gasteiger partial charge in [0.25, 0.3) is 0 Å². The summed E-state index contributed by atoms with van der Waals surface area (Å²) in [6.07, 6.45) is 0.946. The van der Waals surface area contributed by atoms with Crippen molar-refractivity contribution in [2.45, 2.75) is 26.2 Å². The highest BCUT2D eigenvalue weighted by molar-refractivity contribution is 5.77. The number of rotatable bonds is 3. The molecule has 0 bridgehead atoms. The molecule has 80 valence electrons. The van der Waals surface area contributed by atoms with Crippen LogP contribution < -0.4 is 0 Å². The van der Waals surface area contributed by atoms with Crippen LogP contribution in [0, 0.1) is 12.8 Å². The molecule has 0 N–H and O–H groups in total. The number of hydrogen-bond acceptors (Lipinski definition) is 2. The van der Waals surface area contributed by atoms with E-state index in [9.17, 15) is 4.79 Å². The van der Waals surface area contributed by atoms with Gasteiger partial charge in [-0.2, -0.15) is 0 Å². The topological polar surface area (TPSA) is 26.3 Å². The number of benzene rings is 1. The van der Waals surface area contributed by atoms with Crippen LogP contribution in [0.3, 0.4) is 0 Å². The molecule has 15 heavy (non-hydrogen) atoms. The molecule has 0 spiro atoms. The van der Waals surface area contributed by atoms with Crippen LogP contribution in [-0.4, -0.2) is 12.6 Å². The zero-order valence-corrected chi connectivity index (χ0v) is 9.19. The lowest BCUT2D eigenvalue weighted by Gasteiger charge is -2.01. The van der Waals surface area contributed by atoms with Crippen molar-refractivity contribution in [3.63, 3.8) is 0 Å². The highest BCUT2D eigenvalue weighted by Crippen LogP contribution is 2.48. The van der Waals surface area contributed by atoms with Crippen molar-refractivity contribution in [1.82, 2.24) is 0 Å². The van der Waals surface area contributed by atoms with Gasteiger partial charge in [0, 0.05) is 0 Å². The average Bonchev–Trinajstić information content (AvgIpc) is 2.99. The SMILES string of the molecule is CCOC(=O)[C@@H]1C[C@H]1c1ccc(C)cc1. The lowest BCUT2D eigenvalue weighted by atomic mass is 10.1.